The van der Waals surface area contributed by atoms with Gasteiger partial charge in [-0.25, -0.2) is 4.79 Å². The van der Waals surface area contributed by atoms with Gasteiger partial charge < -0.3 is 41.9 Å². The van der Waals surface area contributed by atoms with Crippen molar-refractivity contribution in [2.75, 3.05) is 13.1 Å². The van der Waals surface area contributed by atoms with Crippen LogP contribution in [0.15, 0.2) is 54.6 Å². The van der Waals surface area contributed by atoms with Crippen LogP contribution in [0.3, 0.4) is 0 Å². The average Bonchev–Trinajstić information content (AvgIpc) is 3.47. The zero-order valence-corrected chi connectivity index (χ0v) is 23.3. The molecule has 1 aliphatic heterocycles. The highest BCUT2D eigenvalue weighted by Gasteiger charge is 2.39. The highest BCUT2D eigenvalue weighted by molar-refractivity contribution is 5.96. The van der Waals surface area contributed by atoms with Gasteiger partial charge >= 0.3 is 11.9 Å². The lowest BCUT2D eigenvalue weighted by Crippen LogP contribution is -2.58. The van der Waals surface area contributed by atoms with Gasteiger partial charge in [-0.15, -0.1) is 0 Å². The number of aromatic hydroxyl groups is 1. The molecule has 1 fully saturated rings. The van der Waals surface area contributed by atoms with E-state index in [2.05, 4.69) is 16.0 Å². The molecule has 14 nitrogen and oxygen atoms in total. The quantitative estimate of drug-likeness (QED) is 0.142. The van der Waals surface area contributed by atoms with Crippen molar-refractivity contribution in [3.63, 3.8) is 0 Å². The molecule has 0 unspecified atom stereocenters. The first-order valence-electron chi connectivity index (χ1n) is 13.7. The molecule has 43 heavy (non-hydrogen) atoms. The Morgan fingerprint density at radius 1 is 0.837 bits per heavy atom. The summed E-state index contributed by atoms with van der Waals surface area (Å²) in [5, 5.41) is 35.4. The van der Waals surface area contributed by atoms with Crippen LogP contribution in [0.2, 0.25) is 0 Å². The molecule has 0 spiro atoms. The minimum absolute atomic E-state index is 0.0195. The number of rotatable bonds is 14. The molecule has 0 radical (unpaired) electrons. The molecule has 4 atom stereocenters. The number of benzene rings is 2. The van der Waals surface area contributed by atoms with Crippen LogP contribution < -0.4 is 21.7 Å². The van der Waals surface area contributed by atoms with E-state index in [1.807, 2.05) is 0 Å². The van der Waals surface area contributed by atoms with Crippen LogP contribution in [0, 0.1) is 0 Å². The van der Waals surface area contributed by atoms with Crippen LogP contribution >= 0.6 is 0 Å². The predicted octanol–water partition coefficient (Wildman–Crippen LogP) is -0.859. The largest absolute Gasteiger partial charge is 0.508 e. The average molecular weight is 598 g/mol. The molecule has 1 aliphatic rings. The number of likely N-dealkylation sites (tertiary alicyclic amines) is 1. The van der Waals surface area contributed by atoms with Crippen LogP contribution in [0.1, 0.15) is 30.4 Å². The van der Waals surface area contributed by atoms with Crippen molar-refractivity contribution < 1.29 is 44.1 Å². The van der Waals surface area contributed by atoms with Crippen molar-refractivity contribution in [1.82, 2.24) is 20.9 Å². The second kappa shape index (κ2) is 15.3. The van der Waals surface area contributed by atoms with Gasteiger partial charge in [-0.2, -0.15) is 0 Å². The maximum Gasteiger partial charge on any atom is 0.326 e. The van der Waals surface area contributed by atoms with E-state index in [1.165, 1.54) is 17.0 Å². The lowest BCUT2D eigenvalue weighted by Gasteiger charge is -2.30. The zero-order valence-electron chi connectivity index (χ0n) is 23.3. The van der Waals surface area contributed by atoms with Crippen LogP contribution in [0.25, 0.3) is 0 Å². The minimum atomic E-state index is -1.69. The Morgan fingerprint density at radius 2 is 1.47 bits per heavy atom. The summed E-state index contributed by atoms with van der Waals surface area (Å²) in [4.78, 5) is 76.4. The molecule has 0 bridgehead atoms. The van der Waals surface area contributed by atoms with E-state index in [9.17, 15) is 39.0 Å². The summed E-state index contributed by atoms with van der Waals surface area (Å²) in [5.74, 6) is -5.63. The van der Waals surface area contributed by atoms with E-state index in [1.54, 1.807) is 42.5 Å². The third kappa shape index (κ3) is 9.53. The van der Waals surface area contributed by atoms with Crippen molar-refractivity contribution in [3.8, 4) is 5.75 Å². The van der Waals surface area contributed by atoms with Crippen LogP contribution in [0.5, 0.6) is 5.75 Å². The van der Waals surface area contributed by atoms with Gasteiger partial charge in [-0.3, -0.25) is 24.0 Å². The first-order valence-corrected chi connectivity index (χ1v) is 13.7. The van der Waals surface area contributed by atoms with E-state index in [0.717, 1.165) is 0 Å². The summed E-state index contributed by atoms with van der Waals surface area (Å²) in [6.07, 6.45) is -0.143. The smallest absolute Gasteiger partial charge is 0.326 e. The van der Waals surface area contributed by atoms with Gasteiger partial charge in [0.15, 0.2) is 0 Å². The van der Waals surface area contributed by atoms with Crippen LogP contribution in [-0.2, 0) is 41.6 Å². The number of hydrogen-bond donors (Lipinski definition) is 7. The standard InChI is InChI=1S/C29H35N5O9/c30-16-24(36)31-20(13-18-8-10-19(35)11-9-18)26(39)32-21(14-17-5-2-1-3-6-17)28(41)34-12-4-7-23(34)27(40)33-22(29(42)43)15-25(37)38/h1-3,5-6,8-11,20-23,35H,4,7,12-16,30H2,(H,31,36)(H,32,39)(H,33,40)(H,37,38)(H,42,43)/t20-,21-,22-,23-/m0/s1. The SMILES string of the molecule is NCC(=O)N[C@@H](Cc1ccc(O)cc1)C(=O)N[C@@H](Cc1ccccc1)C(=O)N1CCC[C@H]1C(=O)N[C@@H](CC(=O)O)C(=O)O. The molecular formula is C29H35N5O9. The summed E-state index contributed by atoms with van der Waals surface area (Å²) in [7, 11) is 0. The fourth-order valence-electron chi connectivity index (χ4n) is 4.80. The van der Waals surface area contributed by atoms with E-state index in [4.69, 9.17) is 10.8 Å². The lowest BCUT2D eigenvalue weighted by atomic mass is 10.0. The number of phenols is 1. The Kier molecular flexibility index (Phi) is 11.6. The molecule has 1 saturated heterocycles. The molecule has 0 aliphatic carbocycles. The lowest BCUT2D eigenvalue weighted by molar-refractivity contribution is -0.148. The molecule has 8 N–H and O–H groups in total. The van der Waals surface area contributed by atoms with Gasteiger partial charge in [0, 0.05) is 19.4 Å². The first-order chi connectivity index (χ1) is 20.5. The van der Waals surface area contributed by atoms with E-state index < -0.39 is 66.2 Å². The molecule has 1 heterocycles. The summed E-state index contributed by atoms with van der Waals surface area (Å²) in [5.41, 5.74) is 6.77. The number of phenolic OH excluding ortho intramolecular Hbond substituents is 1. The number of aliphatic carboxylic acids is 2. The highest BCUT2D eigenvalue weighted by Crippen LogP contribution is 2.21. The monoisotopic (exact) mass is 597 g/mol. The third-order valence-electron chi connectivity index (χ3n) is 6.94. The van der Waals surface area contributed by atoms with Gasteiger partial charge in [-0.05, 0) is 36.1 Å². The van der Waals surface area contributed by atoms with Gasteiger partial charge in [0.05, 0.1) is 13.0 Å². The predicted molar refractivity (Wildman–Crippen MR) is 151 cm³/mol. The Bertz CT molecular complexity index is 1320. The molecule has 3 rings (SSSR count). The van der Waals surface area contributed by atoms with E-state index in [-0.39, 0.29) is 38.1 Å². The second-order valence-electron chi connectivity index (χ2n) is 10.1. The number of nitrogens with one attached hydrogen (secondary N) is 3. The Balaban J connectivity index is 1.84. The number of hydrogen-bond acceptors (Lipinski definition) is 8. The number of amides is 4. The summed E-state index contributed by atoms with van der Waals surface area (Å²) in [6.45, 7) is -0.231. The molecule has 14 heteroatoms. The number of carbonyl (C=O) groups is 6. The molecule has 230 valence electrons. The number of nitrogens with two attached hydrogens (primary N) is 1. The van der Waals surface area contributed by atoms with Crippen molar-refractivity contribution in [1.29, 1.82) is 0 Å². The molecule has 4 amide bonds. The van der Waals surface area contributed by atoms with Crippen molar-refractivity contribution in [2.24, 2.45) is 5.73 Å². The molecule has 0 saturated carbocycles. The Morgan fingerprint density at radius 3 is 2.07 bits per heavy atom. The van der Waals surface area contributed by atoms with Gasteiger partial charge in [0.25, 0.3) is 0 Å². The summed E-state index contributed by atoms with van der Waals surface area (Å²) < 4.78 is 0. The van der Waals surface area contributed by atoms with Crippen LogP contribution in [-0.4, -0.2) is 93.0 Å². The maximum atomic E-state index is 13.9. The zero-order chi connectivity index (χ0) is 31.5. The number of carboxylic acid groups (broad SMARTS) is 2. The number of carboxylic acids is 2. The van der Waals surface area contributed by atoms with Crippen molar-refractivity contribution in [3.05, 3.63) is 65.7 Å². The number of nitrogens with zero attached hydrogens (tertiary/aromatic N) is 1. The molecule has 0 aromatic heterocycles. The topological polar surface area (TPSA) is 228 Å². The van der Waals surface area contributed by atoms with Gasteiger partial charge in [0.1, 0.15) is 29.9 Å². The Hall–Kier alpha value is -4.98. The normalized spacial score (nSPS) is 16.4. The highest BCUT2D eigenvalue weighted by atomic mass is 16.4. The molecule has 2 aromatic carbocycles. The van der Waals surface area contributed by atoms with Gasteiger partial charge in [-0.1, -0.05) is 42.5 Å². The van der Waals surface area contributed by atoms with Gasteiger partial charge in [0.2, 0.25) is 23.6 Å². The van der Waals surface area contributed by atoms with Crippen LogP contribution in [0.4, 0.5) is 0 Å². The first kappa shape index (κ1) is 32.5. The fourth-order valence-corrected chi connectivity index (χ4v) is 4.80. The van der Waals surface area contributed by atoms with E-state index in [0.29, 0.717) is 17.5 Å². The third-order valence-corrected chi connectivity index (χ3v) is 6.94. The molecule has 2 aromatic rings. The van der Waals surface area contributed by atoms with E-state index >= 15 is 0 Å². The minimum Gasteiger partial charge on any atom is -0.508 e. The molecular weight excluding hydrogens is 562 g/mol. The fraction of sp³-hybridized carbons (Fsp3) is 0.379. The maximum absolute atomic E-state index is 13.9. The van der Waals surface area contributed by atoms with Crippen molar-refractivity contribution >= 4 is 35.6 Å². The second-order valence-corrected chi connectivity index (χ2v) is 10.1. The summed E-state index contributed by atoms with van der Waals surface area (Å²) >= 11 is 0. The summed E-state index contributed by atoms with van der Waals surface area (Å²) in [6, 6.07) is 9.78. The Labute approximate surface area is 247 Å². The van der Waals surface area contributed by atoms with Crippen molar-refractivity contribution in [2.45, 2.75) is 56.3 Å². The number of carbonyl (C=O) groups excluding carboxylic acids is 4.